The molecular weight excluding hydrogens is 392 g/mol. The van der Waals surface area contributed by atoms with Gasteiger partial charge in [0.1, 0.15) is 18.4 Å². The lowest BCUT2D eigenvalue weighted by molar-refractivity contribution is -0.132. The van der Waals surface area contributed by atoms with Crippen molar-refractivity contribution in [3.63, 3.8) is 0 Å². The van der Waals surface area contributed by atoms with Crippen LogP contribution < -0.4 is 21.3 Å². The molecule has 4 unspecified atom stereocenters. The summed E-state index contributed by atoms with van der Waals surface area (Å²) in [5, 5.41) is 19.3. The van der Waals surface area contributed by atoms with Gasteiger partial charge in [-0.05, 0) is 30.6 Å². The molecule has 0 aromatic carbocycles. The Balaban J connectivity index is 2.04. The summed E-state index contributed by atoms with van der Waals surface area (Å²) in [5.41, 5.74) is -0.704. The Morgan fingerprint density at radius 3 is 2.23 bits per heavy atom. The summed E-state index contributed by atoms with van der Waals surface area (Å²) in [6, 6.07) is -2.76. The molecule has 30 heavy (non-hydrogen) atoms. The summed E-state index contributed by atoms with van der Waals surface area (Å²) < 4.78 is 0. The summed E-state index contributed by atoms with van der Waals surface area (Å²) in [6.45, 7) is 5.71. The third-order valence-electron chi connectivity index (χ3n) is 5.49. The van der Waals surface area contributed by atoms with Gasteiger partial charge < -0.3 is 31.2 Å². The molecular formula is C20H32N4O6. The monoisotopic (exact) mass is 424 g/mol. The Hall–Kier alpha value is -2.65. The second-order valence-electron chi connectivity index (χ2n) is 9.25. The molecule has 4 amide bonds. The number of hydrogen-bond acceptors (Lipinski definition) is 5. The molecule has 4 atom stereocenters. The van der Waals surface area contributed by atoms with Crippen LogP contribution in [0.25, 0.3) is 0 Å². The van der Waals surface area contributed by atoms with Crippen LogP contribution >= 0.6 is 0 Å². The quantitative estimate of drug-likeness (QED) is 0.315. The molecule has 1 heterocycles. The van der Waals surface area contributed by atoms with Crippen LogP contribution in [0.1, 0.15) is 52.9 Å². The molecule has 10 heteroatoms. The van der Waals surface area contributed by atoms with E-state index < -0.39 is 41.4 Å². The first kappa shape index (κ1) is 23.6. The van der Waals surface area contributed by atoms with E-state index in [0.29, 0.717) is 31.6 Å². The highest BCUT2D eigenvalue weighted by atomic mass is 16.4. The van der Waals surface area contributed by atoms with Crippen LogP contribution in [0.2, 0.25) is 0 Å². The van der Waals surface area contributed by atoms with Gasteiger partial charge in [0.05, 0.1) is 6.04 Å². The number of carbonyl (C=O) groups excluding carboxylic acids is 4. The molecule has 168 valence electrons. The highest BCUT2D eigenvalue weighted by molar-refractivity contribution is 5.92. The molecule has 1 aliphatic carbocycles. The van der Waals surface area contributed by atoms with E-state index in [1.165, 1.54) is 0 Å². The molecule has 0 spiro atoms. The van der Waals surface area contributed by atoms with Gasteiger partial charge in [0, 0.05) is 12.5 Å². The number of carboxylic acid groups (broad SMARTS) is 1. The summed E-state index contributed by atoms with van der Waals surface area (Å²) in [7, 11) is 0. The van der Waals surface area contributed by atoms with Crippen molar-refractivity contribution in [2.24, 2.45) is 17.3 Å². The van der Waals surface area contributed by atoms with E-state index >= 15 is 0 Å². The zero-order valence-electron chi connectivity index (χ0n) is 17.7. The van der Waals surface area contributed by atoms with Crippen molar-refractivity contribution in [2.75, 3.05) is 6.54 Å². The van der Waals surface area contributed by atoms with Crippen LogP contribution in [-0.2, 0) is 19.2 Å². The van der Waals surface area contributed by atoms with Crippen molar-refractivity contribution in [2.45, 2.75) is 71.0 Å². The smallest absolute Gasteiger partial charge is 0.405 e. The number of rotatable bonds is 10. The van der Waals surface area contributed by atoms with Crippen molar-refractivity contribution in [1.82, 2.24) is 21.3 Å². The Morgan fingerprint density at radius 2 is 1.77 bits per heavy atom. The minimum absolute atomic E-state index is 0.133. The van der Waals surface area contributed by atoms with Crippen LogP contribution in [0.4, 0.5) is 4.79 Å². The first-order valence-corrected chi connectivity index (χ1v) is 10.3. The van der Waals surface area contributed by atoms with E-state index in [9.17, 15) is 24.0 Å². The normalized spacial score (nSPS) is 21.7. The van der Waals surface area contributed by atoms with Gasteiger partial charge in [0.2, 0.25) is 17.7 Å². The zero-order valence-corrected chi connectivity index (χ0v) is 17.7. The molecule has 1 saturated heterocycles. The van der Waals surface area contributed by atoms with Gasteiger partial charge in [-0.25, -0.2) is 4.79 Å². The van der Waals surface area contributed by atoms with Gasteiger partial charge in [0.15, 0.2) is 0 Å². The highest BCUT2D eigenvalue weighted by Crippen LogP contribution is 2.33. The van der Waals surface area contributed by atoms with Crippen molar-refractivity contribution in [1.29, 1.82) is 0 Å². The molecule has 0 radical (unpaired) electrons. The molecule has 10 nitrogen and oxygen atoms in total. The van der Waals surface area contributed by atoms with Gasteiger partial charge in [-0.2, -0.15) is 0 Å². The van der Waals surface area contributed by atoms with Gasteiger partial charge in [-0.3, -0.25) is 14.4 Å². The fourth-order valence-corrected chi connectivity index (χ4v) is 3.58. The number of hydrogen-bond donors (Lipinski definition) is 5. The van der Waals surface area contributed by atoms with E-state index in [0.717, 1.165) is 12.8 Å². The minimum Gasteiger partial charge on any atom is -0.465 e. The van der Waals surface area contributed by atoms with Crippen LogP contribution in [0.5, 0.6) is 0 Å². The number of amides is 4. The van der Waals surface area contributed by atoms with Crippen LogP contribution in [0.3, 0.4) is 0 Å². The van der Waals surface area contributed by atoms with Crippen molar-refractivity contribution in [3.05, 3.63) is 0 Å². The lowest BCUT2D eigenvalue weighted by atomic mass is 9.86. The highest BCUT2D eigenvalue weighted by Gasteiger charge is 2.37. The van der Waals surface area contributed by atoms with E-state index in [-0.39, 0.29) is 18.2 Å². The Morgan fingerprint density at radius 1 is 1.10 bits per heavy atom. The number of aldehydes is 1. The third-order valence-corrected chi connectivity index (χ3v) is 5.49. The molecule has 5 N–H and O–H groups in total. The van der Waals surface area contributed by atoms with Crippen molar-refractivity contribution in [3.8, 4) is 0 Å². The molecule has 2 rings (SSSR count). The van der Waals surface area contributed by atoms with Crippen LogP contribution in [0.15, 0.2) is 0 Å². The maximum Gasteiger partial charge on any atom is 0.405 e. The lowest BCUT2D eigenvalue weighted by Gasteiger charge is -2.31. The average Bonchev–Trinajstić information content (AvgIpc) is 3.38. The van der Waals surface area contributed by atoms with Crippen LogP contribution in [0, 0.1) is 17.3 Å². The maximum absolute atomic E-state index is 12.8. The van der Waals surface area contributed by atoms with E-state index in [1.807, 2.05) is 0 Å². The van der Waals surface area contributed by atoms with Gasteiger partial charge in [-0.1, -0.05) is 33.6 Å². The predicted molar refractivity (Wildman–Crippen MR) is 107 cm³/mol. The molecule has 0 aromatic heterocycles. The lowest BCUT2D eigenvalue weighted by Crippen LogP contribution is -2.58. The first-order valence-electron chi connectivity index (χ1n) is 10.3. The van der Waals surface area contributed by atoms with E-state index in [1.54, 1.807) is 20.8 Å². The molecule has 0 aromatic rings. The first-order chi connectivity index (χ1) is 14.0. The van der Waals surface area contributed by atoms with E-state index in [4.69, 9.17) is 5.11 Å². The standard InChI is InChI=1S/C20H32N4O6/c1-20(2,3)15(24-19(29)30)18(28)23-14(8-11-4-5-11)17(27)22-13(10-25)9-12-6-7-21-16(12)26/h10-15,24H,4-9H2,1-3H3,(H,21,26)(H,22,27)(H,23,28)(H,29,30). The number of carbonyl (C=O) groups is 5. The Kier molecular flexibility index (Phi) is 7.80. The molecule has 0 bridgehead atoms. The Bertz CT molecular complexity index is 685. The molecule has 1 saturated carbocycles. The zero-order chi connectivity index (χ0) is 22.5. The summed E-state index contributed by atoms with van der Waals surface area (Å²) in [4.78, 5) is 59.9. The summed E-state index contributed by atoms with van der Waals surface area (Å²) in [6.07, 6.45) is 2.40. The third kappa shape index (κ3) is 7.00. The fourth-order valence-electron chi connectivity index (χ4n) is 3.58. The van der Waals surface area contributed by atoms with E-state index in [2.05, 4.69) is 21.3 Å². The van der Waals surface area contributed by atoms with Crippen LogP contribution in [-0.4, -0.2) is 59.9 Å². The minimum atomic E-state index is -1.33. The molecule has 1 aliphatic heterocycles. The Labute approximate surface area is 175 Å². The molecule has 2 aliphatic rings. The predicted octanol–water partition coefficient (Wildman–Crippen LogP) is 0.164. The maximum atomic E-state index is 12.8. The second-order valence-corrected chi connectivity index (χ2v) is 9.25. The van der Waals surface area contributed by atoms with Gasteiger partial charge >= 0.3 is 6.09 Å². The fraction of sp³-hybridized carbons (Fsp3) is 0.750. The summed E-state index contributed by atoms with van der Waals surface area (Å²) >= 11 is 0. The second kappa shape index (κ2) is 9.90. The van der Waals surface area contributed by atoms with Crippen molar-refractivity contribution < 1.29 is 29.1 Å². The number of nitrogens with one attached hydrogen (secondary N) is 4. The SMILES string of the molecule is CC(C)(C)C(NC(=O)O)C(=O)NC(CC1CC1)C(=O)NC(C=O)CC1CCNC1=O. The van der Waals surface area contributed by atoms with Crippen molar-refractivity contribution >= 4 is 30.1 Å². The topological polar surface area (TPSA) is 154 Å². The van der Waals surface area contributed by atoms with Gasteiger partial charge in [-0.15, -0.1) is 0 Å². The molecule has 2 fully saturated rings. The largest absolute Gasteiger partial charge is 0.465 e. The van der Waals surface area contributed by atoms with Gasteiger partial charge in [0.25, 0.3) is 0 Å². The average molecular weight is 424 g/mol. The summed E-state index contributed by atoms with van der Waals surface area (Å²) in [5.74, 6) is -1.26.